The third-order valence-corrected chi connectivity index (χ3v) is 5.24. The van der Waals surface area contributed by atoms with Gasteiger partial charge in [-0.25, -0.2) is 0 Å². The molecule has 0 bridgehead atoms. The van der Waals surface area contributed by atoms with Gasteiger partial charge in [0.05, 0.1) is 7.11 Å². The summed E-state index contributed by atoms with van der Waals surface area (Å²) in [6, 6.07) is 15.5. The second kappa shape index (κ2) is 9.04. The number of ether oxygens (including phenoxy) is 1. The summed E-state index contributed by atoms with van der Waals surface area (Å²) in [5, 5.41) is 2.91. The number of rotatable bonds is 7. The second-order valence-electron chi connectivity index (χ2n) is 6.55. The van der Waals surface area contributed by atoms with Crippen LogP contribution in [0.25, 0.3) is 0 Å². The highest BCUT2D eigenvalue weighted by atomic mass is 79.9. The average molecular weight is 431 g/mol. The molecule has 1 heterocycles. The van der Waals surface area contributed by atoms with Gasteiger partial charge in [0.2, 0.25) is 11.8 Å². The Labute approximate surface area is 167 Å². The van der Waals surface area contributed by atoms with Crippen molar-refractivity contribution in [2.75, 3.05) is 25.1 Å². The molecule has 0 aliphatic carbocycles. The SMILES string of the molecule is COc1ccc(CCCNC(=O)C2CCN(c3cccc(Br)c3)C2=O)cc1. The van der Waals surface area contributed by atoms with Crippen molar-refractivity contribution >= 4 is 33.4 Å². The van der Waals surface area contributed by atoms with Crippen molar-refractivity contribution in [3.63, 3.8) is 0 Å². The largest absolute Gasteiger partial charge is 0.497 e. The van der Waals surface area contributed by atoms with Gasteiger partial charge in [-0.2, -0.15) is 0 Å². The van der Waals surface area contributed by atoms with Crippen LogP contribution < -0.4 is 15.0 Å². The molecule has 3 rings (SSSR count). The van der Waals surface area contributed by atoms with E-state index in [1.807, 2.05) is 48.5 Å². The Hall–Kier alpha value is -2.34. The Bertz CT molecular complexity index is 807. The van der Waals surface area contributed by atoms with Gasteiger partial charge in [0.1, 0.15) is 11.7 Å². The molecule has 0 saturated carbocycles. The molecule has 2 amide bonds. The molecule has 1 saturated heterocycles. The maximum absolute atomic E-state index is 12.6. The fourth-order valence-corrected chi connectivity index (χ4v) is 3.63. The Morgan fingerprint density at radius 3 is 2.74 bits per heavy atom. The molecular formula is C21H23BrN2O3. The minimum Gasteiger partial charge on any atom is -0.497 e. The van der Waals surface area contributed by atoms with E-state index in [9.17, 15) is 9.59 Å². The number of halogens is 1. The van der Waals surface area contributed by atoms with Crippen LogP contribution in [0.1, 0.15) is 18.4 Å². The number of anilines is 1. The van der Waals surface area contributed by atoms with E-state index in [-0.39, 0.29) is 11.8 Å². The Balaban J connectivity index is 1.46. The van der Waals surface area contributed by atoms with Gasteiger partial charge in [-0.3, -0.25) is 9.59 Å². The third-order valence-electron chi connectivity index (χ3n) is 4.74. The standard InChI is InChI=1S/C21H23BrN2O3/c1-27-18-9-7-15(8-10-18)4-3-12-23-20(25)19-11-13-24(21(19)26)17-6-2-5-16(22)14-17/h2,5-10,14,19H,3-4,11-13H2,1H3,(H,23,25). The number of amides is 2. The molecule has 1 unspecified atom stereocenters. The van der Waals surface area contributed by atoms with Crippen LogP contribution in [0.4, 0.5) is 5.69 Å². The Morgan fingerprint density at radius 1 is 1.26 bits per heavy atom. The number of nitrogens with one attached hydrogen (secondary N) is 1. The molecule has 1 fully saturated rings. The quantitative estimate of drug-likeness (QED) is 0.539. The molecule has 1 atom stereocenters. The lowest BCUT2D eigenvalue weighted by molar-refractivity contribution is -0.132. The van der Waals surface area contributed by atoms with E-state index < -0.39 is 5.92 Å². The highest BCUT2D eigenvalue weighted by Crippen LogP contribution is 2.27. The highest BCUT2D eigenvalue weighted by Gasteiger charge is 2.37. The van der Waals surface area contributed by atoms with Gasteiger partial charge in [0.25, 0.3) is 0 Å². The van der Waals surface area contributed by atoms with Crippen molar-refractivity contribution in [1.82, 2.24) is 5.32 Å². The minimum atomic E-state index is -0.593. The van der Waals surface area contributed by atoms with Crippen molar-refractivity contribution in [2.45, 2.75) is 19.3 Å². The van der Waals surface area contributed by atoms with E-state index in [0.717, 1.165) is 28.8 Å². The fraction of sp³-hybridized carbons (Fsp3) is 0.333. The molecule has 142 valence electrons. The summed E-state index contributed by atoms with van der Waals surface area (Å²) in [5.74, 6) is -0.0558. The zero-order valence-electron chi connectivity index (χ0n) is 15.3. The number of aryl methyl sites for hydroxylation is 1. The fourth-order valence-electron chi connectivity index (χ4n) is 3.24. The lowest BCUT2D eigenvalue weighted by Crippen LogP contribution is -2.37. The normalized spacial score (nSPS) is 16.4. The molecule has 2 aromatic carbocycles. The number of hydrogen-bond acceptors (Lipinski definition) is 3. The van der Waals surface area contributed by atoms with Gasteiger partial charge in [0.15, 0.2) is 0 Å². The number of nitrogens with zero attached hydrogens (tertiary/aromatic N) is 1. The summed E-state index contributed by atoms with van der Waals surface area (Å²) in [7, 11) is 1.65. The number of methoxy groups -OCH3 is 1. The molecule has 5 nitrogen and oxygen atoms in total. The summed E-state index contributed by atoms with van der Waals surface area (Å²) in [5.41, 5.74) is 2.02. The van der Waals surface area contributed by atoms with Crippen molar-refractivity contribution in [1.29, 1.82) is 0 Å². The molecule has 27 heavy (non-hydrogen) atoms. The number of benzene rings is 2. The third kappa shape index (κ3) is 4.89. The predicted octanol–water partition coefficient (Wildman–Crippen LogP) is 3.56. The topological polar surface area (TPSA) is 58.6 Å². The summed E-state index contributed by atoms with van der Waals surface area (Å²) >= 11 is 3.42. The molecule has 6 heteroatoms. The zero-order valence-corrected chi connectivity index (χ0v) is 16.9. The van der Waals surface area contributed by atoms with Gasteiger partial charge in [0, 0.05) is 23.2 Å². The Kier molecular flexibility index (Phi) is 6.50. The molecular weight excluding hydrogens is 408 g/mol. The summed E-state index contributed by atoms with van der Waals surface area (Å²) in [4.78, 5) is 26.7. The van der Waals surface area contributed by atoms with Crippen molar-refractivity contribution in [3.05, 3.63) is 58.6 Å². The average Bonchev–Trinajstić information content (AvgIpc) is 3.07. The van der Waals surface area contributed by atoms with Gasteiger partial charge in [-0.1, -0.05) is 34.1 Å². The molecule has 1 aliphatic rings. The molecule has 0 spiro atoms. The lowest BCUT2D eigenvalue weighted by atomic mass is 10.1. The first kappa shape index (κ1) is 19.4. The van der Waals surface area contributed by atoms with Crippen LogP contribution in [-0.2, 0) is 16.0 Å². The van der Waals surface area contributed by atoms with Crippen LogP contribution in [0.3, 0.4) is 0 Å². The van der Waals surface area contributed by atoms with Gasteiger partial charge < -0.3 is 15.0 Å². The monoisotopic (exact) mass is 430 g/mol. The van der Waals surface area contributed by atoms with Gasteiger partial charge >= 0.3 is 0 Å². The number of hydrogen-bond donors (Lipinski definition) is 1. The molecule has 0 aromatic heterocycles. The van der Waals surface area contributed by atoms with E-state index in [2.05, 4.69) is 21.2 Å². The van der Waals surface area contributed by atoms with Crippen molar-refractivity contribution in [2.24, 2.45) is 5.92 Å². The molecule has 2 aromatic rings. The molecule has 1 N–H and O–H groups in total. The van der Waals surface area contributed by atoms with E-state index in [4.69, 9.17) is 4.74 Å². The Morgan fingerprint density at radius 2 is 2.04 bits per heavy atom. The van der Waals surface area contributed by atoms with E-state index in [1.54, 1.807) is 12.0 Å². The second-order valence-corrected chi connectivity index (χ2v) is 7.47. The van der Waals surface area contributed by atoms with Crippen LogP contribution in [-0.4, -0.2) is 32.0 Å². The van der Waals surface area contributed by atoms with E-state index >= 15 is 0 Å². The maximum Gasteiger partial charge on any atom is 0.239 e. The minimum absolute atomic E-state index is 0.124. The number of carbonyl (C=O) groups is 2. The van der Waals surface area contributed by atoms with Crippen LogP contribution in [0.2, 0.25) is 0 Å². The van der Waals surface area contributed by atoms with Gasteiger partial charge in [-0.05, 0) is 55.2 Å². The van der Waals surface area contributed by atoms with Crippen molar-refractivity contribution in [3.8, 4) is 5.75 Å². The lowest BCUT2D eigenvalue weighted by Gasteiger charge is -2.17. The smallest absolute Gasteiger partial charge is 0.239 e. The van der Waals surface area contributed by atoms with E-state index in [0.29, 0.717) is 19.5 Å². The maximum atomic E-state index is 12.6. The van der Waals surface area contributed by atoms with Crippen LogP contribution >= 0.6 is 15.9 Å². The van der Waals surface area contributed by atoms with Crippen molar-refractivity contribution < 1.29 is 14.3 Å². The summed E-state index contributed by atoms with van der Waals surface area (Å²) < 4.78 is 6.06. The van der Waals surface area contributed by atoms with Gasteiger partial charge in [-0.15, -0.1) is 0 Å². The van der Waals surface area contributed by atoms with Crippen LogP contribution in [0, 0.1) is 5.92 Å². The van der Waals surface area contributed by atoms with Crippen LogP contribution in [0.5, 0.6) is 5.75 Å². The predicted molar refractivity (Wildman–Crippen MR) is 109 cm³/mol. The first-order valence-corrected chi connectivity index (χ1v) is 9.85. The zero-order chi connectivity index (χ0) is 19.2. The number of carbonyl (C=O) groups excluding carboxylic acids is 2. The molecule has 1 aliphatic heterocycles. The highest BCUT2D eigenvalue weighted by molar-refractivity contribution is 9.10. The summed E-state index contributed by atoms with van der Waals surface area (Å²) in [6.07, 6.45) is 2.25. The van der Waals surface area contributed by atoms with Crippen LogP contribution in [0.15, 0.2) is 53.0 Å². The first-order chi connectivity index (χ1) is 13.1. The first-order valence-electron chi connectivity index (χ1n) is 9.06. The summed E-state index contributed by atoms with van der Waals surface area (Å²) in [6.45, 7) is 1.13. The molecule has 0 radical (unpaired) electrons. The van der Waals surface area contributed by atoms with E-state index in [1.165, 1.54) is 5.56 Å².